The monoisotopic (exact) mass is 198 g/mol. The van der Waals surface area contributed by atoms with E-state index in [2.05, 4.69) is 4.52 Å². The SMILES string of the molecule is O=C(P)C(CO)(CO)COP. The van der Waals surface area contributed by atoms with Crippen LogP contribution in [-0.2, 0) is 9.32 Å². The number of carbonyl (C=O) groups is 1. The highest BCUT2D eigenvalue weighted by molar-refractivity contribution is 7.40. The van der Waals surface area contributed by atoms with Crippen molar-refractivity contribution in [2.45, 2.75) is 0 Å². The van der Waals surface area contributed by atoms with Crippen LogP contribution in [0, 0.1) is 5.41 Å². The van der Waals surface area contributed by atoms with Crippen molar-refractivity contribution in [3.63, 3.8) is 0 Å². The average molecular weight is 198 g/mol. The van der Waals surface area contributed by atoms with Crippen molar-refractivity contribution in [2.24, 2.45) is 5.41 Å². The summed E-state index contributed by atoms with van der Waals surface area (Å²) in [6.07, 6.45) is 0. The maximum atomic E-state index is 10.9. The average Bonchev–Trinajstić information content (AvgIpc) is 2.00. The minimum Gasteiger partial charge on any atom is -0.395 e. The van der Waals surface area contributed by atoms with Crippen LogP contribution >= 0.6 is 18.7 Å². The van der Waals surface area contributed by atoms with Crippen LogP contribution in [0.3, 0.4) is 0 Å². The molecule has 0 aliphatic carbocycles. The van der Waals surface area contributed by atoms with Gasteiger partial charge >= 0.3 is 0 Å². The van der Waals surface area contributed by atoms with E-state index in [1.807, 2.05) is 18.7 Å². The first kappa shape index (κ1) is 11.4. The zero-order valence-corrected chi connectivity index (χ0v) is 8.30. The molecule has 0 fully saturated rings. The van der Waals surface area contributed by atoms with E-state index in [-0.39, 0.29) is 12.1 Å². The molecule has 2 N–H and O–H groups in total. The van der Waals surface area contributed by atoms with Crippen LogP contribution in [0.25, 0.3) is 0 Å². The van der Waals surface area contributed by atoms with Crippen molar-refractivity contribution < 1.29 is 19.5 Å². The molecule has 0 spiro atoms. The maximum absolute atomic E-state index is 10.9. The number of hydrogen-bond donors (Lipinski definition) is 2. The number of carbonyl (C=O) groups excluding carboxylic acids is 1. The van der Waals surface area contributed by atoms with Crippen molar-refractivity contribution in [3.8, 4) is 0 Å². The molecule has 4 nitrogen and oxygen atoms in total. The molecule has 0 saturated carbocycles. The normalized spacial score (nSPS) is 11.6. The van der Waals surface area contributed by atoms with Crippen molar-refractivity contribution in [3.05, 3.63) is 0 Å². The Bertz CT molecular complexity index is 134. The molecule has 6 heteroatoms. The van der Waals surface area contributed by atoms with E-state index in [1.165, 1.54) is 0 Å². The van der Waals surface area contributed by atoms with Gasteiger partial charge in [-0.15, -0.1) is 0 Å². The summed E-state index contributed by atoms with van der Waals surface area (Å²) in [5.41, 5.74) is -1.53. The standard InChI is InChI=1S/C5H12O4P2/c6-1-5(2-7,3-9-11)4(8)10/h6-7H,1-3,10-11H2. The van der Waals surface area contributed by atoms with Gasteiger partial charge in [0.1, 0.15) is 5.41 Å². The van der Waals surface area contributed by atoms with E-state index in [0.29, 0.717) is 0 Å². The Morgan fingerprint density at radius 3 is 2.00 bits per heavy atom. The zero-order valence-electron chi connectivity index (χ0n) is 5.99. The van der Waals surface area contributed by atoms with Gasteiger partial charge in [-0.1, -0.05) is 9.24 Å². The van der Waals surface area contributed by atoms with E-state index in [1.54, 1.807) is 0 Å². The first-order chi connectivity index (χ1) is 5.13. The minimum absolute atomic E-state index is 0.00694. The lowest BCUT2D eigenvalue weighted by molar-refractivity contribution is -0.126. The molecule has 0 aliphatic heterocycles. The molecule has 0 aliphatic rings. The van der Waals surface area contributed by atoms with Gasteiger partial charge in [0, 0.05) is 9.47 Å². The van der Waals surface area contributed by atoms with E-state index in [0.717, 1.165) is 0 Å². The number of hydrogen-bond acceptors (Lipinski definition) is 4. The Hall–Kier alpha value is 0.410. The molecule has 0 saturated heterocycles. The number of aliphatic hydroxyl groups is 2. The highest BCUT2D eigenvalue weighted by atomic mass is 31.0. The summed E-state index contributed by atoms with van der Waals surface area (Å²) >= 11 is 0. The third kappa shape index (κ3) is 2.73. The number of aliphatic hydroxyl groups excluding tert-OH is 2. The van der Waals surface area contributed by atoms with Crippen molar-refractivity contribution in [2.75, 3.05) is 19.8 Å². The van der Waals surface area contributed by atoms with Crippen molar-refractivity contribution in [1.82, 2.24) is 0 Å². The van der Waals surface area contributed by atoms with E-state index < -0.39 is 18.6 Å². The summed E-state index contributed by atoms with van der Waals surface area (Å²) in [7, 11) is 3.88. The first-order valence-electron chi connectivity index (χ1n) is 2.96. The van der Waals surface area contributed by atoms with E-state index in [9.17, 15) is 4.79 Å². The second-order valence-corrected chi connectivity index (χ2v) is 3.13. The molecule has 0 aromatic heterocycles. The second-order valence-electron chi connectivity index (χ2n) is 2.27. The topological polar surface area (TPSA) is 66.8 Å². The summed E-state index contributed by atoms with van der Waals surface area (Å²) in [5, 5.41) is 17.6. The van der Waals surface area contributed by atoms with Gasteiger partial charge in [-0.05, 0) is 0 Å². The van der Waals surface area contributed by atoms with Gasteiger partial charge in [-0.2, -0.15) is 0 Å². The fraction of sp³-hybridized carbons (Fsp3) is 0.800. The quantitative estimate of drug-likeness (QED) is 0.565. The summed E-state index contributed by atoms with van der Waals surface area (Å²) in [5.74, 6) is 0. The van der Waals surface area contributed by atoms with E-state index >= 15 is 0 Å². The fourth-order valence-corrected chi connectivity index (χ4v) is 1.11. The van der Waals surface area contributed by atoms with Gasteiger partial charge < -0.3 is 14.7 Å². The maximum Gasteiger partial charge on any atom is 0.161 e. The molecular weight excluding hydrogens is 186 g/mol. The van der Waals surface area contributed by atoms with Crippen LogP contribution in [0.2, 0.25) is 0 Å². The lowest BCUT2D eigenvalue weighted by Gasteiger charge is -2.24. The highest BCUT2D eigenvalue weighted by Crippen LogP contribution is 2.22. The largest absolute Gasteiger partial charge is 0.395 e. The molecule has 0 aromatic rings. The summed E-state index contributed by atoms with van der Waals surface area (Å²) in [6, 6.07) is 0. The predicted molar refractivity (Wildman–Crippen MR) is 47.0 cm³/mol. The first-order valence-corrected chi connectivity index (χ1v) is 4.01. The molecule has 0 aromatic carbocycles. The van der Waals surface area contributed by atoms with Crippen LogP contribution in [-0.4, -0.2) is 35.6 Å². The van der Waals surface area contributed by atoms with Crippen LogP contribution in [0.1, 0.15) is 0 Å². The Balaban J connectivity index is 4.32. The molecule has 0 bridgehead atoms. The lowest BCUT2D eigenvalue weighted by Crippen LogP contribution is -2.39. The fourth-order valence-electron chi connectivity index (χ4n) is 0.528. The van der Waals surface area contributed by atoms with Crippen molar-refractivity contribution >= 4 is 24.2 Å². The highest BCUT2D eigenvalue weighted by Gasteiger charge is 2.34. The molecule has 2 atom stereocenters. The van der Waals surface area contributed by atoms with Gasteiger partial charge in [-0.25, -0.2) is 0 Å². The predicted octanol–water partition coefficient (Wildman–Crippen LogP) is -0.834. The zero-order chi connectivity index (χ0) is 8.91. The molecule has 66 valence electrons. The minimum atomic E-state index is -1.17. The van der Waals surface area contributed by atoms with Gasteiger partial charge in [-0.3, -0.25) is 4.79 Å². The van der Waals surface area contributed by atoms with E-state index in [4.69, 9.17) is 10.2 Å². The molecule has 11 heavy (non-hydrogen) atoms. The van der Waals surface area contributed by atoms with Gasteiger partial charge in [0.25, 0.3) is 0 Å². The Kier molecular flexibility index (Phi) is 5.32. The van der Waals surface area contributed by atoms with Crippen molar-refractivity contribution in [1.29, 1.82) is 0 Å². The number of rotatable bonds is 5. The molecule has 0 heterocycles. The Morgan fingerprint density at radius 1 is 1.45 bits per heavy atom. The second kappa shape index (κ2) is 5.13. The smallest absolute Gasteiger partial charge is 0.161 e. The van der Waals surface area contributed by atoms with Crippen LogP contribution in [0.5, 0.6) is 0 Å². The van der Waals surface area contributed by atoms with Gasteiger partial charge in [0.05, 0.1) is 19.8 Å². The summed E-state index contributed by atoms with van der Waals surface area (Å²) < 4.78 is 4.61. The molecule has 0 radical (unpaired) electrons. The van der Waals surface area contributed by atoms with Gasteiger partial charge in [0.15, 0.2) is 5.52 Å². The lowest BCUT2D eigenvalue weighted by atomic mass is 9.93. The summed E-state index contributed by atoms with van der Waals surface area (Å²) in [6.45, 7) is -0.840. The molecule has 0 amide bonds. The molecule has 0 rings (SSSR count). The summed E-state index contributed by atoms with van der Waals surface area (Å²) in [4.78, 5) is 10.9. The van der Waals surface area contributed by atoms with Crippen LogP contribution in [0.15, 0.2) is 0 Å². The van der Waals surface area contributed by atoms with Crippen LogP contribution in [0.4, 0.5) is 0 Å². The third-order valence-corrected chi connectivity index (χ3v) is 2.27. The molecule has 2 unspecified atom stereocenters. The van der Waals surface area contributed by atoms with Crippen LogP contribution < -0.4 is 0 Å². The third-order valence-electron chi connectivity index (χ3n) is 1.49. The Morgan fingerprint density at radius 2 is 1.91 bits per heavy atom. The Labute approximate surface area is 69.8 Å². The molecular formula is C5H12O4P2. The van der Waals surface area contributed by atoms with Gasteiger partial charge in [0.2, 0.25) is 0 Å².